The summed E-state index contributed by atoms with van der Waals surface area (Å²) in [5.41, 5.74) is 7.34. The molecule has 1 aromatic rings. The number of nitrogens with two attached hydrogens (primary N) is 1. The highest BCUT2D eigenvalue weighted by molar-refractivity contribution is 5.46. The zero-order valence-corrected chi connectivity index (χ0v) is 10.2. The molecule has 0 fully saturated rings. The molecule has 0 amide bonds. The maximum Gasteiger partial charge on any atom is 0.522 e. The van der Waals surface area contributed by atoms with E-state index in [4.69, 9.17) is 5.73 Å². The van der Waals surface area contributed by atoms with Crippen LogP contribution in [0.2, 0.25) is 0 Å². The van der Waals surface area contributed by atoms with Crippen LogP contribution in [0.3, 0.4) is 0 Å². The van der Waals surface area contributed by atoms with Crippen LogP contribution in [0, 0.1) is 0 Å². The Balaban J connectivity index is 2.45. The highest BCUT2D eigenvalue weighted by Gasteiger charge is 2.28. The van der Waals surface area contributed by atoms with Crippen molar-refractivity contribution in [3.63, 3.8) is 0 Å². The molecule has 0 aliphatic heterocycles. The maximum absolute atomic E-state index is 11.8. The number of alkyl halides is 3. The van der Waals surface area contributed by atoms with Gasteiger partial charge in [0.15, 0.2) is 0 Å². The Kier molecular flexibility index (Phi) is 5.43. The standard InChI is InChI=1S/C12H17F3N2O/c1-2-17(7-8-18-12(13,14)15)9-10-5-3-4-6-11(10)16/h3-6H,2,7-9,16H2,1H3. The Hall–Kier alpha value is -1.27. The number of hydrogen-bond acceptors (Lipinski definition) is 3. The van der Waals surface area contributed by atoms with E-state index in [1.165, 1.54) is 0 Å². The lowest BCUT2D eigenvalue weighted by Crippen LogP contribution is -2.29. The topological polar surface area (TPSA) is 38.5 Å². The van der Waals surface area contributed by atoms with E-state index in [0.29, 0.717) is 18.8 Å². The third kappa shape index (κ3) is 5.37. The Bertz CT molecular complexity index is 369. The van der Waals surface area contributed by atoms with Gasteiger partial charge in [-0.3, -0.25) is 9.64 Å². The Morgan fingerprint density at radius 3 is 2.50 bits per heavy atom. The largest absolute Gasteiger partial charge is 0.522 e. The Labute approximate surface area is 104 Å². The number of benzene rings is 1. The normalized spacial score (nSPS) is 12.1. The molecule has 3 nitrogen and oxygen atoms in total. The van der Waals surface area contributed by atoms with Crippen LogP contribution in [0.15, 0.2) is 24.3 Å². The van der Waals surface area contributed by atoms with Crippen molar-refractivity contribution < 1.29 is 17.9 Å². The number of ether oxygens (including phenoxy) is 1. The lowest BCUT2D eigenvalue weighted by atomic mass is 10.1. The van der Waals surface area contributed by atoms with Crippen LogP contribution in [0.1, 0.15) is 12.5 Å². The molecule has 0 aromatic heterocycles. The van der Waals surface area contributed by atoms with E-state index in [0.717, 1.165) is 5.56 Å². The summed E-state index contributed by atoms with van der Waals surface area (Å²) < 4.78 is 39.3. The van der Waals surface area contributed by atoms with Crippen molar-refractivity contribution in [2.24, 2.45) is 0 Å². The van der Waals surface area contributed by atoms with E-state index < -0.39 is 6.36 Å². The smallest absolute Gasteiger partial charge is 0.398 e. The summed E-state index contributed by atoms with van der Waals surface area (Å²) >= 11 is 0. The minimum Gasteiger partial charge on any atom is -0.398 e. The van der Waals surface area contributed by atoms with E-state index in [-0.39, 0.29) is 13.2 Å². The zero-order chi connectivity index (χ0) is 13.6. The van der Waals surface area contributed by atoms with Gasteiger partial charge in [-0.05, 0) is 18.2 Å². The van der Waals surface area contributed by atoms with Crippen LogP contribution in [-0.4, -0.2) is 31.0 Å². The monoisotopic (exact) mass is 262 g/mol. The number of halogens is 3. The van der Waals surface area contributed by atoms with Crippen LogP contribution >= 0.6 is 0 Å². The number of likely N-dealkylation sites (N-methyl/N-ethyl adjacent to an activating group) is 1. The summed E-state index contributed by atoms with van der Waals surface area (Å²) in [6, 6.07) is 7.31. The number of nitrogen functional groups attached to an aromatic ring is 1. The molecular weight excluding hydrogens is 245 g/mol. The van der Waals surface area contributed by atoms with Gasteiger partial charge in [0.1, 0.15) is 0 Å². The SMILES string of the molecule is CCN(CCOC(F)(F)F)Cc1ccccc1N. The van der Waals surface area contributed by atoms with Gasteiger partial charge in [-0.15, -0.1) is 13.2 Å². The highest BCUT2D eigenvalue weighted by atomic mass is 19.4. The Morgan fingerprint density at radius 1 is 1.28 bits per heavy atom. The Morgan fingerprint density at radius 2 is 1.94 bits per heavy atom. The summed E-state index contributed by atoms with van der Waals surface area (Å²) in [6.45, 7) is 2.88. The van der Waals surface area contributed by atoms with Crippen LogP contribution in [0.5, 0.6) is 0 Å². The van der Waals surface area contributed by atoms with Crippen molar-refractivity contribution >= 4 is 5.69 Å². The van der Waals surface area contributed by atoms with E-state index in [1.807, 2.05) is 30.0 Å². The first kappa shape index (κ1) is 14.8. The summed E-state index contributed by atoms with van der Waals surface area (Å²) in [7, 11) is 0. The first-order valence-corrected chi connectivity index (χ1v) is 5.69. The molecule has 102 valence electrons. The predicted octanol–water partition coefficient (Wildman–Crippen LogP) is 2.63. The third-order valence-electron chi connectivity index (χ3n) is 2.57. The molecule has 0 spiro atoms. The molecule has 0 saturated carbocycles. The minimum absolute atomic E-state index is 0.213. The number of rotatable bonds is 6. The van der Waals surface area contributed by atoms with Gasteiger partial charge in [-0.1, -0.05) is 25.1 Å². The second-order valence-corrected chi connectivity index (χ2v) is 3.86. The van der Waals surface area contributed by atoms with Gasteiger partial charge in [0.05, 0.1) is 6.61 Å². The molecule has 0 saturated heterocycles. The molecule has 0 radical (unpaired) electrons. The van der Waals surface area contributed by atoms with Gasteiger partial charge in [0, 0.05) is 18.8 Å². The van der Waals surface area contributed by atoms with Gasteiger partial charge < -0.3 is 5.73 Å². The number of para-hydroxylation sites is 1. The second-order valence-electron chi connectivity index (χ2n) is 3.86. The van der Waals surface area contributed by atoms with Crippen molar-refractivity contribution in [3.8, 4) is 0 Å². The maximum atomic E-state index is 11.8. The molecule has 2 N–H and O–H groups in total. The van der Waals surface area contributed by atoms with Gasteiger partial charge in [0.2, 0.25) is 0 Å². The summed E-state index contributed by atoms with van der Waals surface area (Å²) in [6.07, 6.45) is -4.56. The van der Waals surface area contributed by atoms with Crippen LogP contribution in [0.25, 0.3) is 0 Å². The molecule has 0 bridgehead atoms. The molecular formula is C12H17F3N2O. The lowest BCUT2D eigenvalue weighted by Gasteiger charge is -2.21. The first-order chi connectivity index (χ1) is 8.42. The van der Waals surface area contributed by atoms with Crippen molar-refractivity contribution in [2.45, 2.75) is 19.8 Å². The number of anilines is 1. The van der Waals surface area contributed by atoms with E-state index in [2.05, 4.69) is 4.74 Å². The summed E-state index contributed by atoms with van der Waals surface area (Å²) in [5.74, 6) is 0. The van der Waals surface area contributed by atoms with Gasteiger partial charge in [-0.25, -0.2) is 0 Å². The zero-order valence-electron chi connectivity index (χ0n) is 10.2. The molecule has 1 aromatic carbocycles. The van der Waals surface area contributed by atoms with Crippen molar-refractivity contribution in [1.82, 2.24) is 4.90 Å². The minimum atomic E-state index is -4.56. The lowest BCUT2D eigenvalue weighted by molar-refractivity contribution is -0.325. The first-order valence-electron chi connectivity index (χ1n) is 5.69. The molecule has 0 aliphatic rings. The molecule has 0 atom stereocenters. The fourth-order valence-corrected chi connectivity index (χ4v) is 1.56. The van der Waals surface area contributed by atoms with Gasteiger partial charge in [-0.2, -0.15) is 0 Å². The van der Waals surface area contributed by atoms with E-state index in [9.17, 15) is 13.2 Å². The molecule has 0 heterocycles. The third-order valence-corrected chi connectivity index (χ3v) is 2.57. The number of nitrogens with zero attached hydrogens (tertiary/aromatic N) is 1. The van der Waals surface area contributed by atoms with Gasteiger partial charge in [0.25, 0.3) is 0 Å². The van der Waals surface area contributed by atoms with Crippen molar-refractivity contribution in [3.05, 3.63) is 29.8 Å². The predicted molar refractivity (Wildman–Crippen MR) is 63.8 cm³/mol. The fourth-order valence-electron chi connectivity index (χ4n) is 1.56. The summed E-state index contributed by atoms with van der Waals surface area (Å²) in [4.78, 5) is 1.84. The van der Waals surface area contributed by atoms with Crippen molar-refractivity contribution in [1.29, 1.82) is 0 Å². The highest BCUT2D eigenvalue weighted by Crippen LogP contribution is 2.16. The van der Waals surface area contributed by atoms with Gasteiger partial charge >= 0.3 is 6.36 Å². The molecule has 0 unspecified atom stereocenters. The van der Waals surface area contributed by atoms with E-state index >= 15 is 0 Å². The molecule has 1 rings (SSSR count). The number of hydrogen-bond donors (Lipinski definition) is 1. The summed E-state index contributed by atoms with van der Waals surface area (Å²) in [5, 5.41) is 0. The molecule has 6 heteroatoms. The average Bonchev–Trinajstić information content (AvgIpc) is 2.29. The van der Waals surface area contributed by atoms with E-state index in [1.54, 1.807) is 6.07 Å². The fraction of sp³-hybridized carbons (Fsp3) is 0.500. The average molecular weight is 262 g/mol. The second kappa shape index (κ2) is 6.61. The van der Waals surface area contributed by atoms with Crippen molar-refractivity contribution in [2.75, 3.05) is 25.4 Å². The quantitative estimate of drug-likeness (QED) is 0.801. The van der Waals surface area contributed by atoms with Crippen LogP contribution in [-0.2, 0) is 11.3 Å². The van der Waals surface area contributed by atoms with Crippen LogP contribution < -0.4 is 5.73 Å². The van der Waals surface area contributed by atoms with Crippen LogP contribution in [0.4, 0.5) is 18.9 Å². The molecule has 0 aliphatic carbocycles. The molecule has 18 heavy (non-hydrogen) atoms.